The lowest BCUT2D eigenvalue weighted by molar-refractivity contribution is 0.320. The Morgan fingerprint density at radius 1 is 1.11 bits per heavy atom. The van der Waals surface area contributed by atoms with Crippen LogP contribution in [0.1, 0.15) is 29.9 Å². The highest BCUT2D eigenvalue weighted by molar-refractivity contribution is 5.53. The molecule has 2 aromatic carbocycles. The molecule has 4 rings (SSSR count). The standard InChI is InChI=1S/C23H26N2O2/c1-17-22(25-23(27-17)19-6-3-2-4-7-19)13-15-26-21-11-9-18(10-12-21)16-20-8-5-14-24-20/h2-4,6-7,9-12,20,24H,5,8,13-16H2,1H3/t20-/m0/s1. The maximum Gasteiger partial charge on any atom is 0.226 e. The lowest BCUT2D eigenvalue weighted by Crippen LogP contribution is -2.23. The second-order valence-corrected chi connectivity index (χ2v) is 7.13. The van der Waals surface area contributed by atoms with Gasteiger partial charge in [0.1, 0.15) is 11.5 Å². The van der Waals surface area contributed by atoms with Gasteiger partial charge in [-0.25, -0.2) is 4.98 Å². The maximum absolute atomic E-state index is 5.91. The molecule has 27 heavy (non-hydrogen) atoms. The molecule has 4 heteroatoms. The summed E-state index contributed by atoms with van der Waals surface area (Å²) >= 11 is 0. The minimum atomic E-state index is 0.588. The van der Waals surface area contributed by atoms with E-state index in [0.29, 0.717) is 18.5 Å². The number of hydrogen-bond acceptors (Lipinski definition) is 4. The molecule has 1 saturated heterocycles. The number of benzene rings is 2. The number of rotatable bonds is 7. The van der Waals surface area contributed by atoms with Gasteiger partial charge in [-0.3, -0.25) is 0 Å². The fourth-order valence-corrected chi connectivity index (χ4v) is 3.57. The second kappa shape index (κ2) is 8.40. The summed E-state index contributed by atoms with van der Waals surface area (Å²) in [5.41, 5.74) is 3.32. The van der Waals surface area contributed by atoms with Crippen molar-refractivity contribution in [3.8, 4) is 17.2 Å². The molecular weight excluding hydrogens is 336 g/mol. The first-order valence-corrected chi connectivity index (χ1v) is 9.75. The summed E-state index contributed by atoms with van der Waals surface area (Å²) < 4.78 is 11.7. The Bertz CT molecular complexity index is 850. The first-order chi connectivity index (χ1) is 13.3. The van der Waals surface area contributed by atoms with Crippen molar-refractivity contribution in [2.24, 2.45) is 0 Å². The van der Waals surface area contributed by atoms with Crippen LogP contribution in [-0.4, -0.2) is 24.2 Å². The molecule has 0 aliphatic carbocycles. The van der Waals surface area contributed by atoms with Gasteiger partial charge in [-0.05, 0) is 62.6 Å². The normalized spacial score (nSPS) is 16.6. The van der Waals surface area contributed by atoms with E-state index in [9.17, 15) is 0 Å². The average molecular weight is 362 g/mol. The van der Waals surface area contributed by atoms with Crippen LogP contribution < -0.4 is 10.1 Å². The van der Waals surface area contributed by atoms with E-state index < -0.39 is 0 Å². The van der Waals surface area contributed by atoms with Gasteiger partial charge in [-0.2, -0.15) is 0 Å². The minimum absolute atomic E-state index is 0.588. The Morgan fingerprint density at radius 2 is 1.93 bits per heavy atom. The van der Waals surface area contributed by atoms with Crippen molar-refractivity contribution < 1.29 is 9.15 Å². The number of ether oxygens (including phenoxy) is 1. The fraction of sp³-hybridized carbons (Fsp3) is 0.348. The Labute approximate surface area is 160 Å². The average Bonchev–Trinajstić information content (AvgIpc) is 3.34. The smallest absolute Gasteiger partial charge is 0.226 e. The summed E-state index contributed by atoms with van der Waals surface area (Å²) in [6.45, 7) is 3.70. The van der Waals surface area contributed by atoms with Crippen LogP contribution in [0.3, 0.4) is 0 Å². The molecule has 1 aromatic heterocycles. The summed E-state index contributed by atoms with van der Waals surface area (Å²) in [6, 6.07) is 19.1. The molecule has 0 unspecified atom stereocenters. The topological polar surface area (TPSA) is 47.3 Å². The lowest BCUT2D eigenvalue weighted by Gasteiger charge is -2.11. The predicted octanol–water partition coefficient (Wildman–Crippen LogP) is 4.57. The first-order valence-electron chi connectivity index (χ1n) is 9.75. The van der Waals surface area contributed by atoms with Gasteiger partial charge in [0, 0.05) is 18.0 Å². The Balaban J connectivity index is 1.30. The molecule has 0 saturated carbocycles. The van der Waals surface area contributed by atoms with Gasteiger partial charge >= 0.3 is 0 Å². The molecule has 140 valence electrons. The lowest BCUT2D eigenvalue weighted by atomic mass is 10.0. The van der Waals surface area contributed by atoms with E-state index in [1.54, 1.807) is 0 Å². The number of hydrogen-bond donors (Lipinski definition) is 1. The third-order valence-electron chi connectivity index (χ3n) is 5.09. The van der Waals surface area contributed by atoms with Gasteiger partial charge in [-0.1, -0.05) is 30.3 Å². The molecule has 0 spiro atoms. The Hall–Kier alpha value is -2.59. The van der Waals surface area contributed by atoms with Gasteiger partial charge in [0.2, 0.25) is 5.89 Å². The van der Waals surface area contributed by atoms with Crippen LogP contribution in [0.25, 0.3) is 11.5 Å². The van der Waals surface area contributed by atoms with Crippen LogP contribution in [0.2, 0.25) is 0 Å². The van der Waals surface area contributed by atoms with Crippen molar-refractivity contribution in [1.29, 1.82) is 0 Å². The van der Waals surface area contributed by atoms with Crippen LogP contribution in [-0.2, 0) is 12.8 Å². The van der Waals surface area contributed by atoms with Crippen molar-refractivity contribution in [3.63, 3.8) is 0 Å². The summed E-state index contributed by atoms with van der Waals surface area (Å²) in [5.74, 6) is 2.44. The van der Waals surface area contributed by atoms with Crippen molar-refractivity contribution in [2.45, 2.75) is 38.6 Å². The van der Waals surface area contributed by atoms with E-state index in [1.807, 2.05) is 37.3 Å². The van der Waals surface area contributed by atoms with Gasteiger partial charge in [0.05, 0.1) is 12.3 Å². The molecule has 1 aliphatic rings. The monoisotopic (exact) mass is 362 g/mol. The van der Waals surface area contributed by atoms with E-state index in [1.165, 1.54) is 18.4 Å². The Kier molecular flexibility index (Phi) is 5.54. The van der Waals surface area contributed by atoms with Crippen molar-refractivity contribution in [2.75, 3.05) is 13.2 Å². The zero-order valence-corrected chi connectivity index (χ0v) is 15.8. The highest BCUT2D eigenvalue weighted by atomic mass is 16.5. The molecule has 1 fully saturated rings. The van der Waals surface area contributed by atoms with Gasteiger partial charge in [-0.15, -0.1) is 0 Å². The van der Waals surface area contributed by atoms with Gasteiger partial charge < -0.3 is 14.5 Å². The quantitative estimate of drug-likeness (QED) is 0.669. The molecule has 2 heterocycles. The molecule has 1 N–H and O–H groups in total. The molecule has 4 nitrogen and oxygen atoms in total. The van der Waals surface area contributed by atoms with Crippen molar-refractivity contribution >= 4 is 0 Å². The molecule has 0 amide bonds. The highest BCUT2D eigenvalue weighted by Gasteiger charge is 2.14. The van der Waals surface area contributed by atoms with E-state index in [0.717, 1.165) is 42.2 Å². The number of aromatic nitrogens is 1. The van der Waals surface area contributed by atoms with Gasteiger partial charge in [0.25, 0.3) is 0 Å². The number of aryl methyl sites for hydroxylation is 1. The molecule has 3 aromatic rings. The second-order valence-electron chi connectivity index (χ2n) is 7.13. The van der Waals surface area contributed by atoms with Crippen molar-refractivity contribution in [3.05, 3.63) is 71.6 Å². The number of oxazole rings is 1. The largest absolute Gasteiger partial charge is 0.493 e. The highest BCUT2D eigenvalue weighted by Crippen LogP contribution is 2.22. The molecular formula is C23H26N2O2. The van der Waals surface area contributed by atoms with E-state index in [4.69, 9.17) is 9.15 Å². The van der Waals surface area contributed by atoms with Crippen LogP contribution in [0.4, 0.5) is 0 Å². The fourth-order valence-electron chi connectivity index (χ4n) is 3.57. The minimum Gasteiger partial charge on any atom is -0.493 e. The van der Waals surface area contributed by atoms with Crippen LogP contribution in [0.15, 0.2) is 59.0 Å². The Morgan fingerprint density at radius 3 is 2.67 bits per heavy atom. The zero-order chi connectivity index (χ0) is 18.5. The first kappa shape index (κ1) is 17.8. The molecule has 0 radical (unpaired) electrons. The van der Waals surface area contributed by atoms with Crippen molar-refractivity contribution in [1.82, 2.24) is 10.3 Å². The molecule has 1 aliphatic heterocycles. The summed E-state index contributed by atoms with van der Waals surface area (Å²) in [4.78, 5) is 4.63. The summed E-state index contributed by atoms with van der Waals surface area (Å²) in [6.07, 6.45) is 4.40. The van der Waals surface area contributed by atoms with Crippen LogP contribution in [0.5, 0.6) is 5.75 Å². The van der Waals surface area contributed by atoms with Gasteiger partial charge in [0.15, 0.2) is 0 Å². The van der Waals surface area contributed by atoms with Crippen LogP contribution >= 0.6 is 0 Å². The van der Waals surface area contributed by atoms with Crippen LogP contribution in [0, 0.1) is 6.92 Å². The number of nitrogens with one attached hydrogen (secondary N) is 1. The maximum atomic E-state index is 5.91. The van der Waals surface area contributed by atoms with E-state index in [2.05, 4.69) is 34.6 Å². The number of nitrogens with zero attached hydrogens (tertiary/aromatic N) is 1. The molecule has 0 bridgehead atoms. The molecule has 1 atom stereocenters. The SMILES string of the molecule is Cc1oc(-c2ccccc2)nc1CCOc1ccc(C[C@@H]2CCCN2)cc1. The third-order valence-corrected chi connectivity index (χ3v) is 5.09. The summed E-state index contributed by atoms with van der Waals surface area (Å²) in [7, 11) is 0. The summed E-state index contributed by atoms with van der Waals surface area (Å²) in [5, 5.41) is 3.54. The predicted molar refractivity (Wildman–Crippen MR) is 107 cm³/mol. The zero-order valence-electron chi connectivity index (χ0n) is 15.8. The third kappa shape index (κ3) is 4.58. The van der Waals surface area contributed by atoms with E-state index in [-0.39, 0.29) is 0 Å². The van der Waals surface area contributed by atoms with E-state index >= 15 is 0 Å².